The van der Waals surface area contributed by atoms with Crippen molar-refractivity contribution in [1.29, 1.82) is 0 Å². The molecule has 3 N–H and O–H groups in total. The monoisotopic (exact) mass is 291 g/mol. The van der Waals surface area contributed by atoms with Crippen molar-refractivity contribution in [3.05, 3.63) is 24.0 Å². The zero-order chi connectivity index (χ0) is 15.1. The summed E-state index contributed by atoms with van der Waals surface area (Å²) in [5.41, 5.74) is 8.05. The van der Waals surface area contributed by atoms with Gasteiger partial charge in [-0.15, -0.1) is 0 Å². The fourth-order valence-electron chi connectivity index (χ4n) is 3.46. The average molecular weight is 291 g/mol. The van der Waals surface area contributed by atoms with Gasteiger partial charge in [0.25, 0.3) is 0 Å². The molecule has 0 saturated heterocycles. The van der Waals surface area contributed by atoms with Gasteiger partial charge in [0.2, 0.25) is 0 Å². The van der Waals surface area contributed by atoms with Gasteiger partial charge in [-0.1, -0.05) is 26.2 Å². The third kappa shape index (κ3) is 4.17. The van der Waals surface area contributed by atoms with E-state index < -0.39 is 0 Å². The summed E-state index contributed by atoms with van der Waals surface area (Å²) in [7, 11) is 0. The normalized spacial score (nSPS) is 19.3. The SMILES string of the molecule is CCNC(c1cnccc1N)C(OCC)C1CCCCC1. The molecule has 0 aromatic carbocycles. The molecule has 0 aliphatic heterocycles. The van der Waals surface area contributed by atoms with Crippen LogP contribution < -0.4 is 11.1 Å². The molecule has 1 aromatic heterocycles. The molecule has 2 unspecified atom stereocenters. The Bertz CT molecular complexity index is 418. The summed E-state index contributed by atoms with van der Waals surface area (Å²) in [5, 5.41) is 3.58. The molecule has 21 heavy (non-hydrogen) atoms. The van der Waals surface area contributed by atoms with Crippen LogP contribution in [0.3, 0.4) is 0 Å². The van der Waals surface area contributed by atoms with Crippen molar-refractivity contribution in [2.45, 2.75) is 58.1 Å². The Morgan fingerprint density at radius 2 is 2.10 bits per heavy atom. The van der Waals surface area contributed by atoms with Crippen molar-refractivity contribution in [1.82, 2.24) is 10.3 Å². The second-order valence-electron chi connectivity index (χ2n) is 5.86. The van der Waals surface area contributed by atoms with Crippen LogP contribution in [0, 0.1) is 5.92 Å². The van der Waals surface area contributed by atoms with Crippen LogP contribution in [0.5, 0.6) is 0 Å². The van der Waals surface area contributed by atoms with Gasteiger partial charge in [0.1, 0.15) is 0 Å². The van der Waals surface area contributed by atoms with E-state index in [1.807, 2.05) is 12.3 Å². The van der Waals surface area contributed by atoms with Crippen LogP contribution in [0.15, 0.2) is 18.5 Å². The van der Waals surface area contributed by atoms with Gasteiger partial charge >= 0.3 is 0 Å². The Labute approximate surface area is 128 Å². The molecular formula is C17H29N3O. The molecule has 2 rings (SSSR count). The maximum atomic E-state index is 6.18. The highest BCUT2D eigenvalue weighted by Gasteiger charge is 2.32. The Morgan fingerprint density at radius 1 is 1.33 bits per heavy atom. The summed E-state index contributed by atoms with van der Waals surface area (Å²) in [6.45, 7) is 5.84. The number of nitrogens with two attached hydrogens (primary N) is 1. The first-order valence-corrected chi connectivity index (χ1v) is 8.32. The van der Waals surface area contributed by atoms with Crippen LogP contribution in [0.2, 0.25) is 0 Å². The largest absolute Gasteiger partial charge is 0.398 e. The van der Waals surface area contributed by atoms with E-state index in [0.29, 0.717) is 5.92 Å². The van der Waals surface area contributed by atoms with Crippen LogP contribution in [0.4, 0.5) is 5.69 Å². The highest BCUT2D eigenvalue weighted by molar-refractivity contribution is 5.46. The third-order valence-electron chi connectivity index (χ3n) is 4.45. The molecule has 0 amide bonds. The summed E-state index contributed by atoms with van der Waals surface area (Å²) >= 11 is 0. The van der Waals surface area contributed by atoms with Gasteiger partial charge in [0.05, 0.1) is 12.1 Å². The zero-order valence-electron chi connectivity index (χ0n) is 13.3. The number of anilines is 1. The van der Waals surface area contributed by atoms with Gasteiger partial charge in [-0.3, -0.25) is 4.98 Å². The van der Waals surface area contributed by atoms with Gasteiger partial charge in [0.15, 0.2) is 0 Å². The molecule has 2 atom stereocenters. The molecule has 0 radical (unpaired) electrons. The van der Waals surface area contributed by atoms with Crippen molar-refractivity contribution in [2.24, 2.45) is 5.92 Å². The van der Waals surface area contributed by atoms with E-state index in [4.69, 9.17) is 10.5 Å². The molecule has 0 spiro atoms. The van der Waals surface area contributed by atoms with Gasteiger partial charge in [-0.25, -0.2) is 0 Å². The number of pyridine rings is 1. The fourth-order valence-corrected chi connectivity index (χ4v) is 3.46. The van der Waals surface area contributed by atoms with E-state index in [-0.39, 0.29) is 12.1 Å². The first-order chi connectivity index (χ1) is 10.3. The first kappa shape index (κ1) is 16.2. The van der Waals surface area contributed by atoms with Crippen LogP contribution in [-0.4, -0.2) is 24.2 Å². The summed E-state index contributed by atoms with van der Waals surface area (Å²) in [6.07, 6.45) is 10.3. The molecule has 1 aliphatic carbocycles. The topological polar surface area (TPSA) is 60.2 Å². The maximum Gasteiger partial charge on any atom is 0.0799 e. The van der Waals surface area contributed by atoms with Crippen molar-refractivity contribution in [2.75, 3.05) is 18.9 Å². The van der Waals surface area contributed by atoms with Gasteiger partial charge in [-0.2, -0.15) is 0 Å². The van der Waals surface area contributed by atoms with E-state index in [0.717, 1.165) is 24.4 Å². The third-order valence-corrected chi connectivity index (χ3v) is 4.45. The van der Waals surface area contributed by atoms with Crippen LogP contribution in [0.1, 0.15) is 57.6 Å². The highest BCUT2D eigenvalue weighted by Crippen LogP contribution is 2.35. The maximum absolute atomic E-state index is 6.18. The number of aromatic nitrogens is 1. The number of hydrogen-bond acceptors (Lipinski definition) is 4. The molecular weight excluding hydrogens is 262 g/mol. The number of likely N-dealkylation sites (N-methyl/N-ethyl adjacent to an activating group) is 1. The number of nitrogens with one attached hydrogen (secondary N) is 1. The Balaban J connectivity index is 2.25. The van der Waals surface area contributed by atoms with Gasteiger partial charge in [-0.05, 0) is 38.3 Å². The minimum absolute atomic E-state index is 0.131. The number of hydrogen-bond donors (Lipinski definition) is 2. The van der Waals surface area contributed by atoms with Crippen molar-refractivity contribution in [3.63, 3.8) is 0 Å². The Morgan fingerprint density at radius 3 is 2.71 bits per heavy atom. The number of ether oxygens (including phenoxy) is 1. The summed E-state index contributed by atoms with van der Waals surface area (Å²) in [6, 6.07) is 2.01. The predicted molar refractivity (Wildman–Crippen MR) is 87.1 cm³/mol. The molecule has 1 aliphatic rings. The molecule has 1 heterocycles. The lowest BCUT2D eigenvalue weighted by atomic mass is 9.81. The summed E-state index contributed by atoms with van der Waals surface area (Å²) in [5.74, 6) is 0.613. The minimum atomic E-state index is 0.131. The molecule has 1 aromatic rings. The van der Waals surface area contributed by atoms with Crippen LogP contribution in [-0.2, 0) is 4.74 Å². The molecule has 0 bridgehead atoms. The lowest BCUT2D eigenvalue weighted by Gasteiger charge is -2.36. The second-order valence-corrected chi connectivity index (χ2v) is 5.86. The lowest BCUT2D eigenvalue weighted by molar-refractivity contribution is -0.0179. The second kappa shape index (κ2) is 8.35. The fraction of sp³-hybridized carbons (Fsp3) is 0.706. The van der Waals surface area contributed by atoms with Crippen molar-refractivity contribution >= 4 is 5.69 Å². The van der Waals surface area contributed by atoms with E-state index in [2.05, 4.69) is 24.1 Å². The predicted octanol–water partition coefficient (Wildman–Crippen LogP) is 3.30. The van der Waals surface area contributed by atoms with E-state index in [9.17, 15) is 0 Å². The summed E-state index contributed by atoms with van der Waals surface area (Å²) < 4.78 is 6.16. The van der Waals surface area contributed by atoms with Crippen molar-refractivity contribution < 1.29 is 4.74 Å². The quantitative estimate of drug-likeness (QED) is 0.809. The number of nitrogens with zero attached hydrogens (tertiary/aromatic N) is 1. The van der Waals surface area contributed by atoms with Crippen molar-refractivity contribution in [3.8, 4) is 0 Å². The van der Waals surface area contributed by atoms with E-state index in [1.54, 1.807) is 6.20 Å². The van der Waals surface area contributed by atoms with Crippen LogP contribution >= 0.6 is 0 Å². The van der Waals surface area contributed by atoms with E-state index >= 15 is 0 Å². The van der Waals surface area contributed by atoms with E-state index in [1.165, 1.54) is 32.1 Å². The van der Waals surface area contributed by atoms with Gasteiger partial charge in [0, 0.05) is 30.3 Å². The molecule has 118 valence electrons. The lowest BCUT2D eigenvalue weighted by Crippen LogP contribution is -2.40. The minimum Gasteiger partial charge on any atom is -0.398 e. The highest BCUT2D eigenvalue weighted by atomic mass is 16.5. The average Bonchev–Trinajstić information content (AvgIpc) is 2.52. The zero-order valence-corrected chi connectivity index (χ0v) is 13.3. The first-order valence-electron chi connectivity index (χ1n) is 8.32. The Hall–Kier alpha value is -1.13. The van der Waals surface area contributed by atoms with Crippen LogP contribution in [0.25, 0.3) is 0 Å². The molecule has 1 fully saturated rings. The standard InChI is InChI=1S/C17H29N3O/c1-3-20-16(14-12-19-11-10-15(14)18)17(21-4-2)13-8-6-5-7-9-13/h10-13,16-17,20H,3-9H2,1-2H3,(H2,18,19). The molecule has 1 saturated carbocycles. The molecule has 4 nitrogen and oxygen atoms in total. The smallest absolute Gasteiger partial charge is 0.0799 e. The number of rotatable bonds is 7. The molecule has 4 heteroatoms. The summed E-state index contributed by atoms with van der Waals surface area (Å²) in [4.78, 5) is 4.26. The Kier molecular flexibility index (Phi) is 6.46. The number of nitrogen functional groups attached to an aromatic ring is 1. The van der Waals surface area contributed by atoms with Gasteiger partial charge < -0.3 is 15.8 Å².